The summed E-state index contributed by atoms with van der Waals surface area (Å²) in [4.78, 5) is 31.0. The monoisotopic (exact) mass is 409 g/mol. The molecule has 0 fully saturated rings. The summed E-state index contributed by atoms with van der Waals surface area (Å²) in [6, 6.07) is 1.97. The number of nitrogens with zero attached hydrogens (tertiary/aromatic N) is 3. The number of hydrogen-bond donors (Lipinski definition) is 0. The quantitative estimate of drug-likeness (QED) is 0.656. The number of fused-ring (bicyclic) bond motifs is 1. The van der Waals surface area contributed by atoms with Gasteiger partial charge in [0, 0.05) is 19.3 Å². The molecule has 0 atom stereocenters. The summed E-state index contributed by atoms with van der Waals surface area (Å²) in [5.74, 6) is -0.404. The van der Waals surface area contributed by atoms with Gasteiger partial charge in [-0.2, -0.15) is 0 Å². The van der Waals surface area contributed by atoms with Crippen LogP contribution in [0.2, 0.25) is 0 Å². The Morgan fingerprint density at radius 1 is 1.28 bits per heavy atom. The van der Waals surface area contributed by atoms with Crippen molar-refractivity contribution in [1.82, 2.24) is 14.3 Å². The molecule has 136 valence electrons. The van der Waals surface area contributed by atoms with Gasteiger partial charge in [-0.1, -0.05) is 6.92 Å². The molecule has 1 amide bonds. The lowest BCUT2D eigenvalue weighted by molar-refractivity contribution is -0.143. The van der Waals surface area contributed by atoms with Crippen LogP contribution in [0.25, 0.3) is 5.65 Å². The number of carbonyl (C=O) groups is 2. The lowest BCUT2D eigenvalue weighted by Gasteiger charge is -2.22. The number of rotatable bonds is 7. The Kier molecular flexibility index (Phi) is 6.58. The van der Waals surface area contributed by atoms with Gasteiger partial charge in [0.25, 0.3) is 5.91 Å². The van der Waals surface area contributed by atoms with E-state index in [0.29, 0.717) is 36.7 Å². The van der Waals surface area contributed by atoms with Gasteiger partial charge in [0.05, 0.1) is 23.2 Å². The maximum atomic E-state index is 13.1. The Labute approximate surface area is 156 Å². The van der Waals surface area contributed by atoms with Crippen molar-refractivity contribution in [3.05, 3.63) is 33.7 Å². The molecule has 2 aromatic rings. The zero-order valence-corrected chi connectivity index (χ0v) is 16.7. The fourth-order valence-electron chi connectivity index (χ4n) is 2.80. The van der Waals surface area contributed by atoms with Gasteiger partial charge < -0.3 is 9.64 Å². The van der Waals surface area contributed by atoms with Gasteiger partial charge in [0.1, 0.15) is 5.69 Å². The van der Waals surface area contributed by atoms with Crippen LogP contribution in [0, 0.1) is 13.8 Å². The molecule has 0 saturated carbocycles. The number of ether oxygens (including phenoxy) is 1. The number of halogens is 1. The summed E-state index contributed by atoms with van der Waals surface area (Å²) >= 11 is 3.51. The molecule has 0 unspecified atom stereocenters. The van der Waals surface area contributed by atoms with E-state index in [4.69, 9.17) is 4.74 Å². The third-order valence-corrected chi connectivity index (χ3v) is 4.44. The van der Waals surface area contributed by atoms with Crippen molar-refractivity contribution in [3.63, 3.8) is 0 Å². The van der Waals surface area contributed by atoms with Crippen LogP contribution < -0.4 is 0 Å². The minimum absolute atomic E-state index is 0.117. The summed E-state index contributed by atoms with van der Waals surface area (Å²) in [5, 5.41) is 0. The third kappa shape index (κ3) is 4.39. The molecule has 0 N–H and O–H groups in total. The van der Waals surface area contributed by atoms with E-state index >= 15 is 0 Å². The van der Waals surface area contributed by atoms with Crippen molar-refractivity contribution in [2.45, 2.75) is 40.5 Å². The number of imidazole rings is 1. The zero-order valence-electron chi connectivity index (χ0n) is 15.1. The van der Waals surface area contributed by atoms with Crippen molar-refractivity contribution in [2.24, 2.45) is 0 Å². The summed E-state index contributed by atoms with van der Waals surface area (Å²) in [7, 11) is 0. The summed E-state index contributed by atoms with van der Waals surface area (Å²) in [6.07, 6.45) is 2.91. The smallest absolute Gasteiger partial charge is 0.307 e. The minimum Gasteiger partial charge on any atom is -0.466 e. The van der Waals surface area contributed by atoms with E-state index < -0.39 is 0 Å². The second-order valence-corrected chi connectivity index (χ2v) is 6.81. The van der Waals surface area contributed by atoms with Gasteiger partial charge in [0.2, 0.25) is 0 Å². The molecule has 25 heavy (non-hydrogen) atoms. The standard InChI is InChI=1S/C18H24BrN3O3/c1-5-8-21(9-7-15(23)25-6-2)18(24)16-13(4)20-17-14(19)10-12(3)11-22(16)17/h10-11H,5-9H2,1-4H3. The summed E-state index contributed by atoms with van der Waals surface area (Å²) in [6.45, 7) is 8.85. The molecule has 2 rings (SSSR count). The highest BCUT2D eigenvalue weighted by Gasteiger charge is 2.23. The fraction of sp³-hybridized carbons (Fsp3) is 0.500. The summed E-state index contributed by atoms with van der Waals surface area (Å²) < 4.78 is 7.64. The third-order valence-electron chi connectivity index (χ3n) is 3.86. The van der Waals surface area contributed by atoms with Crippen LogP contribution in [-0.4, -0.2) is 45.9 Å². The molecule has 0 bridgehead atoms. The maximum absolute atomic E-state index is 13.1. The molecule has 0 aromatic carbocycles. The van der Waals surface area contributed by atoms with Crippen LogP contribution in [0.1, 0.15) is 48.4 Å². The van der Waals surface area contributed by atoms with Crippen LogP contribution in [0.5, 0.6) is 0 Å². The van der Waals surface area contributed by atoms with Gasteiger partial charge >= 0.3 is 5.97 Å². The van der Waals surface area contributed by atoms with Gasteiger partial charge in [-0.3, -0.25) is 14.0 Å². The SMILES string of the molecule is CCCN(CCC(=O)OCC)C(=O)c1c(C)nc2c(Br)cc(C)cn12. The van der Waals surface area contributed by atoms with E-state index in [-0.39, 0.29) is 18.3 Å². The number of amides is 1. The Hall–Kier alpha value is -1.89. The number of aromatic nitrogens is 2. The Morgan fingerprint density at radius 2 is 2.00 bits per heavy atom. The van der Waals surface area contributed by atoms with Crippen LogP contribution in [0.4, 0.5) is 0 Å². The van der Waals surface area contributed by atoms with Crippen molar-refractivity contribution in [2.75, 3.05) is 19.7 Å². The number of pyridine rings is 1. The van der Waals surface area contributed by atoms with Gasteiger partial charge in [-0.05, 0) is 54.8 Å². The average Bonchev–Trinajstić information content (AvgIpc) is 2.87. The van der Waals surface area contributed by atoms with Crippen LogP contribution in [0.3, 0.4) is 0 Å². The lowest BCUT2D eigenvalue weighted by Crippen LogP contribution is -2.35. The number of hydrogen-bond acceptors (Lipinski definition) is 4. The zero-order chi connectivity index (χ0) is 18.6. The predicted molar refractivity (Wildman–Crippen MR) is 99.8 cm³/mol. The van der Waals surface area contributed by atoms with Crippen molar-refractivity contribution in [3.8, 4) is 0 Å². The molecule has 0 radical (unpaired) electrons. The highest BCUT2D eigenvalue weighted by atomic mass is 79.9. The van der Waals surface area contributed by atoms with Crippen LogP contribution in [-0.2, 0) is 9.53 Å². The van der Waals surface area contributed by atoms with Gasteiger partial charge in [-0.15, -0.1) is 0 Å². The summed E-state index contributed by atoms with van der Waals surface area (Å²) in [5.41, 5.74) is 2.96. The first kappa shape index (κ1) is 19.4. The first-order valence-corrected chi connectivity index (χ1v) is 9.28. The van der Waals surface area contributed by atoms with E-state index in [1.54, 1.807) is 11.8 Å². The highest BCUT2D eigenvalue weighted by molar-refractivity contribution is 9.10. The van der Waals surface area contributed by atoms with E-state index in [1.165, 1.54) is 0 Å². The molecule has 2 heterocycles. The lowest BCUT2D eigenvalue weighted by atomic mass is 10.2. The fourth-order valence-corrected chi connectivity index (χ4v) is 3.44. The topological polar surface area (TPSA) is 63.9 Å². The number of esters is 1. The maximum Gasteiger partial charge on any atom is 0.307 e. The Balaban J connectivity index is 2.34. The molecular weight excluding hydrogens is 386 g/mol. The Bertz CT molecular complexity index is 785. The molecule has 0 aliphatic carbocycles. The molecule has 7 heteroatoms. The van der Waals surface area contributed by atoms with Gasteiger partial charge in [0.15, 0.2) is 5.65 Å². The predicted octanol–water partition coefficient (Wildman–Crippen LogP) is 3.52. The van der Waals surface area contributed by atoms with Crippen LogP contribution >= 0.6 is 15.9 Å². The van der Waals surface area contributed by atoms with E-state index in [9.17, 15) is 9.59 Å². The number of aryl methyl sites for hydroxylation is 2. The van der Waals surface area contributed by atoms with Crippen molar-refractivity contribution >= 4 is 33.5 Å². The Morgan fingerprint density at radius 3 is 2.64 bits per heavy atom. The normalized spacial score (nSPS) is 10.9. The molecular formula is C18H24BrN3O3. The molecule has 0 aliphatic heterocycles. The molecule has 0 aliphatic rings. The highest BCUT2D eigenvalue weighted by Crippen LogP contribution is 2.23. The van der Waals surface area contributed by atoms with E-state index in [1.807, 2.05) is 37.4 Å². The molecule has 2 aromatic heterocycles. The second-order valence-electron chi connectivity index (χ2n) is 5.95. The van der Waals surface area contributed by atoms with Crippen molar-refractivity contribution < 1.29 is 14.3 Å². The first-order valence-electron chi connectivity index (χ1n) is 8.48. The van der Waals surface area contributed by atoms with Gasteiger partial charge in [-0.25, -0.2) is 4.98 Å². The molecule has 0 spiro atoms. The minimum atomic E-state index is -0.287. The largest absolute Gasteiger partial charge is 0.466 e. The molecule has 0 saturated heterocycles. The van der Waals surface area contributed by atoms with Crippen molar-refractivity contribution in [1.29, 1.82) is 0 Å². The average molecular weight is 410 g/mol. The molecule has 6 nitrogen and oxygen atoms in total. The van der Waals surface area contributed by atoms with Crippen LogP contribution in [0.15, 0.2) is 16.7 Å². The van der Waals surface area contributed by atoms with E-state index in [0.717, 1.165) is 16.5 Å². The number of carbonyl (C=O) groups excluding carboxylic acids is 2. The second kappa shape index (κ2) is 8.47. The first-order chi connectivity index (χ1) is 11.9. The van der Waals surface area contributed by atoms with E-state index in [2.05, 4.69) is 20.9 Å².